The summed E-state index contributed by atoms with van der Waals surface area (Å²) in [6.07, 6.45) is 0. The summed E-state index contributed by atoms with van der Waals surface area (Å²) in [5, 5.41) is 5.20. The van der Waals surface area contributed by atoms with Crippen molar-refractivity contribution in [2.45, 2.75) is 25.7 Å². The number of nitrogens with two attached hydrogens (primary N) is 1. The first-order chi connectivity index (χ1) is 5.75. The lowest BCUT2D eigenvalue weighted by molar-refractivity contribution is 0.592. The normalized spacial score (nSPS) is 8.75. The second-order valence-corrected chi connectivity index (χ2v) is 2.68. The van der Waals surface area contributed by atoms with Crippen molar-refractivity contribution in [1.82, 2.24) is 0 Å². The van der Waals surface area contributed by atoms with Crippen molar-refractivity contribution in [2.75, 3.05) is 0 Å². The maximum absolute atomic E-state index is 12.9. The Morgan fingerprint density at radius 1 is 1.33 bits per heavy atom. The molecule has 1 nitrogen and oxygen atoms in total. The maximum Gasteiger partial charge on any atom is 0.140 e. The van der Waals surface area contributed by atoms with E-state index in [1.807, 2.05) is 13.8 Å². The van der Waals surface area contributed by atoms with Crippen LogP contribution in [-0.4, -0.2) is 0 Å². The van der Waals surface area contributed by atoms with Gasteiger partial charge in [-0.15, -0.1) is 0 Å². The van der Waals surface area contributed by atoms with Gasteiger partial charge < -0.3 is 0 Å². The van der Waals surface area contributed by atoms with E-state index in [9.17, 15) is 4.39 Å². The Hall–Kier alpha value is -0.540. The van der Waals surface area contributed by atoms with Crippen molar-refractivity contribution in [2.24, 2.45) is 5.14 Å². The van der Waals surface area contributed by atoms with Crippen LogP contribution in [0.3, 0.4) is 0 Å². The van der Waals surface area contributed by atoms with Crippen LogP contribution >= 0.6 is 11.9 Å². The third-order valence-electron chi connectivity index (χ3n) is 1.28. The topological polar surface area (TPSA) is 26.0 Å². The van der Waals surface area contributed by atoms with Gasteiger partial charge in [-0.2, -0.15) is 0 Å². The zero-order valence-corrected chi connectivity index (χ0v) is 8.41. The van der Waals surface area contributed by atoms with E-state index in [2.05, 4.69) is 0 Å². The van der Waals surface area contributed by atoms with Crippen LogP contribution in [0.25, 0.3) is 0 Å². The molecule has 0 saturated carbocycles. The van der Waals surface area contributed by atoms with Crippen LogP contribution in [0.5, 0.6) is 0 Å². The predicted octanol–water partition coefficient (Wildman–Crippen LogP) is 3.13. The van der Waals surface area contributed by atoms with E-state index in [1.54, 1.807) is 25.1 Å². The molecule has 0 atom stereocenters. The summed E-state index contributed by atoms with van der Waals surface area (Å²) < 4.78 is 12.9. The molecule has 0 unspecified atom stereocenters. The molecule has 0 aliphatic carbocycles. The zero-order chi connectivity index (χ0) is 9.56. The lowest BCUT2D eigenvalue weighted by atomic mass is 10.2. The number of rotatable bonds is 1. The molecule has 1 rings (SSSR count). The summed E-state index contributed by atoms with van der Waals surface area (Å²) in [6, 6.07) is 5.16. The smallest absolute Gasteiger partial charge is 0.140 e. The summed E-state index contributed by atoms with van der Waals surface area (Å²) in [5.41, 5.74) is 0.635. The lowest BCUT2D eigenvalue weighted by Crippen LogP contribution is -1.88. The van der Waals surface area contributed by atoms with Crippen molar-refractivity contribution >= 4 is 11.9 Å². The Balaban J connectivity index is 0.000000561. The third kappa shape index (κ3) is 2.83. The first kappa shape index (κ1) is 11.5. The summed E-state index contributed by atoms with van der Waals surface area (Å²) >= 11 is 0.935. The third-order valence-corrected chi connectivity index (χ3v) is 1.85. The molecule has 0 heterocycles. The fourth-order valence-corrected chi connectivity index (χ4v) is 1.13. The minimum absolute atomic E-state index is 0.213. The molecule has 3 heteroatoms. The minimum Gasteiger partial charge on any atom is -0.274 e. The monoisotopic (exact) mass is 187 g/mol. The standard InChI is InChI=1S/C7H8FNS.C2H6/c1-5-3-2-4-6(10-9)7(5)8;1-2/h2-4H,9H2,1H3;1-2H3. The lowest BCUT2D eigenvalue weighted by Gasteiger charge is -1.99. The van der Waals surface area contributed by atoms with Gasteiger partial charge in [-0.3, -0.25) is 5.14 Å². The van der Waals surface area contributed by atoms with Crippen molar-refractivity contribution in [3.05, 3.63) is 29.6 Å². The van der Waals surface area contributed by atoms with Crippen molar-refractivity contribution < 1.29 is 4.39 Å². The van der Waals surface area contributed by atoms with Crippen molar-refractivity contribution in [3.8, 4) is 0 Å². The Morgan fingerprint density at radius 3 is 2.33 bits per heavy atom. The van der Waals surface area contributed by atoms with Gasteiger partial charge in [0, 0.05) is 0 Å². The highest BCUT2D eigenvalue weighted by Crippen LogP contribution is 2.18. The summed E-state index contributed by atoms with van der Waals surface area (Å²) in [5.74, 6) is -0.213. The largest absolute Gasteiger partial charge is 0.274 e. The van der Waals surface area contributed by atoms with Crippen LogP contribution in [0.15, 0.2) is 23.1 Å². The van der Waals surface area contributed by atoms with Crippen molar-refractivity contribution in [1.29, 1.82) is 0 Å². The number of halogens is 1. The Labute approximate surface area is 77.3 Å². The fraction of sp³-hybridized carbons (Fsp3) is 0.333. The molecule has 0 bridgehead atoms. The van der Waals surface area contributed by atoms with Crippen LogP contribution in [0, 0.1) is 12.7 Å². The highest BCUT2D eigenvalue weighted by Gasteiger charge is 2.01. The average Bonchev–Trinajstić information content (AvgIpc) is 2.13. The molecule has 2 N–H and O–H groups in total. The van der Waals surface area contributed by atoms with Crippen molar-refractivity contribution in [3.63, 3.8) is 0 Å². The van der Waals surface area contributed by atoms with Crippen LogP contribution < -0.4 is 5.14 Å². The molecule has 0 aliphatic heterocycles. The van der Waals surface area contributed by atoms with E-state index >= 15 is 0 Å². The summed E-state index contributed by atoms with van der Waals surface area (Å²) in [4.78, 5) is 0.500. The quantitative estimate of drug-likeness (QED) is 0.683. The highest BCUT2D eigenvalue weighted by molar-refractivity contribution is 7.97. The van der Waals surface area contributed by atoms with Gasteiger partial charge >= 0.3 is 0 Å². The van der Waals surface area contributed by atoms with Gasteiger partial charge in [0.1, 0.15) is 5.82 Å². The van der Waals surface area contributed by atoms with Gasteiger partial charge in [0.25, 0.3) is 0 Å². The van der Waals surface area contributed by atoms with Gasteiger partial charge in [0.15, 0.2) is 0 Å². The number of hydrogen-bond donors (Lipinski definition) is 1. The highest BCUT2D eigenvalue weighted by atomic mass is 32.2. The van der Waals surface area contributed by atoms with Crippen LogP contribution in [-0.2, 0) is 0 Å². The zero-order valence-electron chi connectivity index (χ0n) is 7.60. The molecular weight excluding hydrogens is 173 g/mol. The van der Waals surface area contributed by atoms with E-state index in [4.69, 9.17) is 5.14 Å². The average molecular weight is 187 g/mol. The van der Waals surface area contributed by atoms with E-state index in [-0.39, 0.29) is 5.82 Å². The van der Waals surface area contributed by atoms with Gasteiger partial charge in [-0.1, -0.05) is 26.0 Å². The second-order valence-electron chi connectivity index (χ2n) is 2.00. The molecule has 1 aromatic carbocycles. The van der Waals surface area contributed by atoms with Gasteiger partial charge in [-0.05, 0) is 30.5 Å². The number of benzene rings is 1. The Morgan fingerprint density at radius 2 is 1.92 bits per heavy atom. The first-order valence-corrected chi connectivity index (χ1v) is 4.75. The maximum atomic E-state index is 12.9. The molecular formula is C9H14FNS. The molecule has 0 spiro atoms. The fourth-order valence-electron chi connectivity index (χ4n) is 0.712. The molecule has 68 valence electrons. The van der Waals surface area contributed by atoms with Crippen LogP contribution in [0.4, 0.5) is 4.39 Å². The molecule has 0 fully saturated rings. The predicted molar refractivity (Wildman–Crippen MR) is 52.5 cm³/mol. The van der Waals surface area contributed by atoms with Gasteiger partial charge in [-0.25, -0.2) is 4.39 Å². The summed E-state index contributed by atoms with van der Waals surface area (Å²) in [7, 11) is 0. The molecule has 12 heavy (non-hydrogen) atoms. The van der Waals surface area contributed by atoms with Gasteiger partial charge in [0.05, 0.1) is 4.90 Å². The number of aryl methyl sites for hydroxylation is 1. The molecule has 1 aromatic rings. The minimum atomic E-state index is -0.213. The van der Waals surface area contributed by atoms with Crippen LogP contribution in [0.2, 0.25) is 0 Å². The SMILES string of the molecule is CC.Cc1cccc(SN)c1F. The molecule has 0 radical (unpaired) electrons. The first-order valence-electron chi connectivity index (χ1n) is 3.87. The molecule has 0 aliphatic rings. The van der Waals surface area contributed by atoms with E-state index in [1.165, 1.54) is 0 Å². The number of hydrogen-bond acceptors (Lipinski definition) is 2. The van der Waals surface area contributed by atoms with E-state index in [0.717, 1.165) is 11.9 Å². The molecule has 0 aromatic heterocycles. The van der Waals surface area contributed by atoms with E-state index in [0.29, 0.717) is 10.5 Å². The van der Waals surface area contributed by atoms with Crippen LogP contribution in [0.1, 0.15) is 19.4 Å². The van der Waals surface area contributed by atoms with E-state index < -0.39 is 0 Å². The Kier molecular flexibility index (Phi) is 5.76. The molecule has 0 saturated heterocycles. The summed E-state index contributed by atoms with van der Waals surface area (Å²) in [6.45, 7) is 5.72. The Bertz CT molecular complexity index is 238. The second kappa shape index (κ2) is 6.03. The van der Waals surface area contributed by atoms with Gasteiger partial charge in [0.2, 0.25) is 0 Å². The molecule has 0 amide bonds.